The van der Waals surface area contributed by atoms with Gasteiger partial charge in [-0.3, -0.25) is 5.84 Å². The van der Waals surface area contributed by atoms with Crippen LogP contribution in [0.5, 0.6) is 0 Å². The summed E-state index contributed by atoms with van der Waals surface area (Å²) in [6.07, 6.45) is 0. The minimum Gasteiger partial charge on any atom is -0.313 e. The van der Waals surface area contributed by atoms with Gasteiger partial charge in [-0.05, 0) is 13.5 Å². The third-order valence-electron chi connectivity index (χ3n) is 1.47. The topological polar surface area (TPSA) is 41.3 Å². The van der Waals surface area contributed by atoms with Crippen molar-refractivity contribution < 1.29 is 0 Å². The SMILES string of the molecule is CCNC(C)CN(N)CC. The van der Waals surface area contributed by atoms with E-state index in [-0.39, 0.29) is 0 Å². The van der Waals surface area contributed by atoms with Crippen molar-refractivity contribution in [3.05, 3.63) is 0 Å². The van der Waals surface area contributed by atoms with E-state index in [1.165, 1.54) is 0 Å². The third-order valence-corrected chi connectivity index (χ3v) is 1.47. The van der Waals surface area contributed by atoms with Gasteiger partial charge in [0.05, 0.1) is 0 Å². The summed E-state index contributed by atoms with van der Waals surface area (Å²) in [5, 5.41) is 5.10. The maximum Gasteiger partial charge on any atom is 0.0279 e. The fourth-order valence-corrected chi connectivity index (χ4v) is 0.894. The van der Waals surface area contributed by atoms with Crippen molar-refractivity contribution >= 4 is 0 Å². The first-order chi connectivity index (χ1) is 4.70. The largest absolute Gasteiger partial charge is 0.313 e. The number of nitrogens with zero attached hydrogens (tertiary/aromatic N) is 1. The number of nitrogens with one attached hydrogen (secondary N) is 1. The van der Waals surface area contributed by atoms with Crippen LogP contribution < -0.4 is 11.2 Å². The van der Waals surface area contributed by atoms with Crippen LogP contribution in [0.25, 0.3) is 0 Å². The van der Waals surface area contributed by atoms with Gasteiger partial charge >= 0.3 is 0 Å². The van der Waals surface area contributed by atoms with Crippen molar-refractivity contribution in [2.75, 3.05) is 19.6 Å². The van der Waals surface area contributed by atoms with Crippen molar-refractivity contribution in [3.8, 4) is 0 Å². The van der Waals surface area contributed by atoms with E-state index in [2.05, 4.69) is 26.1 Å². The monoisotopic (exact) mass is 145 g/mol. The molecule has 0 spiro atoms. The van der Waals surface area contributed by atoms with Gasteiger partial charge in [0.25, 0.3) is 0 Å². The Morgan fingerprint density at radius 3 is 2.50 bits per heavy atom. The van der Waals surface area contributed by atoms with E-state index in [4.69, 9.17) is 5.84 Å². The quantitative estimate of drug-likeness (QED) is 0.428. The van der Waals surface area contributed by atoms with Crippen LogP contribution in [-0.2, 0) is 0 Å². The lowest BCUT2D eigenvalue weighted by Gasteiger charge is -2.19. The van der Waals surface area contributed by atoms with Gasteiger partial charge in [0.15, 0.2) is 0 Å². The van der Waals surface area contributed by atoms with E-state index >= 15 is 0 Å². The molecule has 3 nitrogen and oxygen atoms in total. The Hall–Kier alpha value is -0.120. The highest BCUT2D eigenvalue weighted by molar-refractivity contribution is 4.61. The molecule has 0 saturated carbocycles. The van der Waals surface area contributed by atoms with Gasteiger partial charge in [-0.25, -0.2) is 5.01 Å². The van der Waals surface area contributed by atoms with Crippen molar-refractivity contribution in [1.82, 2.24) is 10.3 Å². The standard InChI is InChI=1S/C7H19N3/c1-4-9-7(3)6-10(8)5-2/h7,9H,4-6,8H2,1-3H3. The van der Waals surface area contributed by atoms with Gasteiger partial charge < -0.3 is 5.32 Å². The third kappa shape index (κ3) is 4.73. The van der Waals surface area contributed by atoms with Crippen LogP contribution in [0.15, 0.2) is 0 Å². The number of hydrogen-bond acceptors (Lipinski definition) is 3. The highest BCUT2D eigenvalue weighted by Crippen LogP contribution is 1.83. The lowest BCUT2D eigenvalue weighted by Crippen LogP contribution is -2.42. The van der Waals surface area contributed by atoms with E-state index in [1.807, 2.05) is 5.01 Å². The summed E-state index contributed by atoms with van der Waals surface area (Å²) in [4.78, 5) is 0. The Kier molecular flexibility index (Phi) is 5.58. The second-order valence-electron chi connectivity index (χ2n) is 2.55. The molecule has 0 aliphatic heterocycles. The molecule has 1 unspecified atom stereocenters. The molecule has 3 heteroatoms. The lowest BCUT2D eigenvalue weighted by atomic mass is 10.3. The fourth-order valence-electron chi connectivity index (χ4n) is 0.894. The highest BCUT2D eigenvalue weighted by Gasteiger charge is 2.01. The van der Waals surface area contributed by atoms with Crippen LogP contribution in [-0.4, -0.2) is 30.7 Å². The highest BCUT2D eigenvalue weighted by atomic mass is 15.4. The molecule has 62 valence electrons. The summed E-state index contributed by atoms with van der Waals surface area (Å²) >= 11 is 0. The normalized spacial score (nSPS) is 14.1. The van der Waals surface area contributed by atoms with Crippen molar-refractivity contribution in [2.24, 2.45) is 5.84 Å². The second kappa shape index (κ2) is 5.65. The molecule has 0 aromatic carbocycles. The molecule has 0 bridgehead atoms. The van der Waals surface area contributed by atoms with Gasteiger partial charge in [-0.2, -0.15) is 0 Å². The molecule has 0 aliphatic carbocycles. The van der Waals surface area contributed by atoms with Gasteiger partial charge in [-0.15, -0.1) is 0 Å². The molecule has 0 rings (SSSR count). The number of likely N-dealkylation sites (N-methyl/N-ethyl adjacent to an activating group) is 2. The van der Waals surface area contributed by atoms with Crippen LogP contribution in [0.2, 0.25) is 0 Å². The molecule has 0 aliphatic rings. The minimum atomic E-state index is 0.495. The van der Waals surface area contributed by atoms with E-state index in [9.17, 15) is 0 Å². The zero-order chi connectivity index (χ0) is 7.98. The first-order valence-electron chi connectivity index (χ1n) is 3.93. The summed E-state index contributed by atoms with van der Waals surface area (Å²) in [7, 11) is 0. The Morgan fingerprint density at radius 1 is 1.50 bits per heavy atom. The van der Waals surface area contributed by atoms with Crippen LogP contribution in [0.3, 0.4) is 0 Å². The Morgan fingerprint density at radius 2 is 2.10 bits per heavy atom. The van der Waals surface area contributed by atoms with Crippen molar-refractivity contribution in [2.45, 2.75) is 26.8 Å². The number of hydrogen-bond donors (Lipinski definition) is 2. The summed E-state index contributed by atoms with van der Waals surface area (Å²) in [5.41, 5.74) is 0. The van der Waals surface area contributed by atoms with Gasteiger partial charge in [0, 0.05) is 19.1 Å². The average molecular weight is 145 g/mol. The van der Waals surface area contributed by atoms with Gasteiger partial charge in [0.1, 0.15) is 0 Å². The van der Waals surface area contributed by atoms with Crippen LogP contribution in [0.1, 0.15) is 20.8 Å². The summed E-state index contributed by atoms with van der Waals surface area (Å²) in [6.45, 7) is 9.14. The van der Waals surface area contributed by atoms with Crippen LogP contribution in [0.4, 0.5) is 0 Å². The maximum atomic E-state index is 5.60. The molecule has 0 fully saturated rings. The molecule has 1 atom stereocenters. The van der Waals surface area contributed by atoms with Crippen molar-refractivity contribution in [3.63, 3.8) is 0 Å². The Bertz CT molecular complexity index is 75.3. The zero-order valence-electron chi connectivity index (χ0n) is 7.22. The first-order valence-corrected chi connectivity index (χ1v) is 3.93. The molecular weight excluding hydrogens is 126 g/mol. The molecule has 10 heavy (non-hydrogen) atoms. The molecule has 3 N–H and O–H groups in total. The van der Waals surface area contributed by atoms with E-state index in [0.717, 1.165) is 19.6 Å². The Balaban J connectivity index is 3.27. The summed E-state index contributed by atoms with van der Waals surface area (Å²) < 4.78 is 0. The predicted octanol–water partition coefficient (Wildman–Crippen LogP) is 0.180. The van der Waals surface area contributed by atoms with Gasteiger partial charge in [0.2, 0.25) is 0 Å². The lowest BCUT2D eigenvalue weighted by molar-refractivity contribution is 0.268. The molecular formula is C7H19N3. The molecule has 0 amide bonds. The smallest absolute Gasteiger partial charge is 0.0279 e. The average Bonchev–Trinajstić information content (AvgIpc) is 1.88. The number of rotatable bonds is 5. The van der Waals surface area contributed by atoms with Crippen LogP contribution in [0, 0.1) is 0 Å². The molecule has 0 aromatic heterocycles. The molecule has 0 radical (unpaired) electrons. The fraction of sp³-hybridized carbons (Fsp3) is 1.00. The van der Waals surface area contributed by atoms with Gasteiger partial charge in [-0.1, -0.05) is 13.8 Å². The van der Waals surface area contributed by atoms with E-state index < -0.39 is 0 Å². The summed E-state index contributed by atoms with van der Waals surface area (Å²) in [6, 6.07) is 0.495. The second-order valence-corrected chi connectivity index (χ2v) is 2.55. The van der Waals surface area contributed by atoms with Crippen molar-refractivity contribution in [1.29, 1.82) is 0 Å². The number of nitrogens with two attached hydrogens (primary N) is 1. The molecule has 0 heterocycles. The number of hydrazine groups is 1. The first kappa shape index (κ1) is 9.88. The zero-order valence-corrected chi connectivity index (χ0v) is 7.22. The van der Waals surface area contributed by atoms with Crippen LogP contribution >= 0.6 is 0 Å². The molecule has 0 aromatic rings. The summed E-state index contributed by atoms with van der Waals surface area (Å²) in [5.74, 6) is 5.60. The molecule has 0 saturated heterocycles. The Labute approximate surface area is 63.5 Å². The minimum absolute atomic E-state index is 0.495. The maximum absolute atomic E-state index is 5.60. The predicted molar refractivity (Wildman–Crippen MR) is 44.6 cm³/mol. The van der Waals surface area contributed by atoms with E-state index in [0.29, 0.717) is 6.04 Å². The van der Waals surface area contributed by atoms with E-state index in [1.54, 1.807) is 0 Å².